The van der Waals surface area contributed by atoms with Gasteiger partial charge in [0.2, 0.25) is 5.91 Å². The summed E-state index contributed by atoms with van der Waals surface area (Å²) in [7, 11) is 0. The molecule has 17 heavy (non-hydrogen) atoms. The van der Waals surface area contributed by atoms with Crippen LogP contribution in [0.2, 0.25) is 0 Å². The van der Waals surface area contributed by atoms with Gasteiger partial charge >= 0.3 is 0 Å². The molecular weight excluding hydrogens is 214 g/mol. The zero-order valence-electron chi connectivity index (χ0n) is 11.4. The van der Waals surface area contributed by atoms with E-state index in [0.717, 1.165) is 19.3 Å². The van der Waals surface area contributed by atoms with Crippen LogP contribution in [0.4, 0.5) is 0 Å². The third kappa shape index (κ3) is 1.99. The first-order valence-corrected chi connectivity index (χ1v) is 6.74. The number of hydrogen-bond donors (Lipinski definition) is 2. The van der Waals surface area contributed by atoms with Gasteiger partial charge in [-0.05, 0) is 23.7 Å². The average Bonchev–Trinajstić information content (AvgIpc) is 2.53. The van der Waals surface area contributed by atoms with Gasteiger partial charge in [-0.2, -0.15) is 0 Å². The molecular formula is C14H25NO2. The van der Waals surface area contributed by atoms with Crippen LogP contribution in [0.15, 0.2) is 0 Å². The van der Waals surface area contributed by atoms with Crippen molar-refractivity contribution in [1.82, 2.24) is 5.32 Å². The second-order valence-electron chi connectivity index (χ2n) is 6.88. The number of carbonyl (C=O) groups excluding carboxylic acids is 1. The molecule has 2 fully saturated rings. The molecule has 2 unspecified atom stereocenters. The molecule has 2 aliphatic carbocycles. The summed E-state index contributed by atoms with van der Waals surface area (Å²) in [6.45, 7) is 9.26. The number of rotatable bonds is 3. The highest BCUT2D eigenvalue weighted by Gasteiger charge is 2.68. The zero-order chi connectivity index (χ0) is 12.8. The van der Waals surface area contributed by atoms with E-state index in [2.05, 4.69) is 33.0 Å². The largest absolute Gasteiger partial charge is 0.393 e. The SMILES string of the molecule is CC1(C)C(C(=O)NCC2CCCC2O)C1(C)C. The van der Waals surface area contributed by atoms with Gasteiger partial charge in [0.25, 0.3) is 0 Å². The van der Waals surface area contributed by atoms with Crippen LogP contribution in [0.25, 0.3) is 0 Å². The van der Waals surface area contributed by atoms with E-state index < -0.39 is 0 Å². The fourth-order valence-corrected chi connectivity index (χ4v) is 3.44. The molecule has 0 heterocycles. The topological polar surface area (TPSA) is 49.3 Å². The maximum atomic E-state index is 12.1. The highest BCUT2D eigenvalue weighted by Crippen LogP contribution is 2.68. The molecule has 2 atom stereocenters. The van der Waals surface area contributed by atoms with Crippen LogP contribution in [-0.4, -0.2) is 23.7 Å². The maximum absolute atomic E-state index is 12.1. The minimum atomic E-state index is -0.212. The Balaban J connectivity index is 1.83. The van der Waals surface area contributed by atoms with E-state index in [0.29, 0.717) is 6.54 Å². The van der Waals surface area contributed by atoms with Crippen LogP contribution in [0.3, 0.4) is 0 Å². The predicted octanol–water partition coefficient (Wildman–Crippen LogP) is 1.95. The summed E-state index contributed by atoms with van der Waals surface area (Å²) < 4.78 is 0. The highest BCUT2D eigenvalue weighted by molar-refractivity contribution is 5.84. The summed E-state index contributed by atoms with van der Waals surface area (Å²) in [5.74, 6) is 0.552. The molecule has 0 aromatic heterocycles. The minimum Gasteiger partial charge on any atom is -0.393 e. The molecule has 0 bridgehead atoms. The van der Waals surface area contributed by atoms with Crippen molar-refractivity contribution in [1.29, 1.82) is 0 Å². The Labute approximate surface area is 104 Å². The lowest BCUT2D eigenvalue weighted by Gasteiger charge is -2.15. The molecule has 0 radical (unpaired) electrons. The van der Waals surface area contributed by atoms with Gasteiger partial charge in [-0.15, -0.1) is 0 Å². The van der Waals surface area contributed by atoms with E-state index >= 15 is 0 Å². The third-order valence-corrected chi connectivity index (χ3v) is 5.44. The summed E-state index contributed by atoms with van der Waals surface area (Å²) in [6, 6.07) is 0. The highest BCUT2D eigenvalue weighted by atomic mass is 16.3. The molecule has 98 valence electrons. The van der Waals surface area contributed by atoms with Gasteiger partial charge in [-0.25, -0.2) is 0 Å². The van der Waals surface area contributed by atoms with Crippen molar-refractivity contribution in [2.45, 2.75) is 53.1 Å². The molecule has 2 rings (SSSR count). The zero-order valence-corrected chi connectivity index (χ0v) is 11.4. The van der Waals surface area contributed by atoms with E-state index in [1.54, 1.807) is 0 Å². The van der Waals surface area contributed by atoms with E-state index in [1.165, 1.54) is 0 Å². The summed E-state index contributed by atoms with van der Waals surface area (Å²) in [5.41, 5.74) is 0.205. The smallest absolute Gasteiger partial charge is 0.224 e. The van der Waals surface area contributed by atoms with Crippen LogP contribution in [-0.2, 0) is 4.79 Å². The number of nitrogens with one attached hydrogen (secondary N) is 1. The van der Waals surface area contributed by atoms with Crippen LogP contribution >= 0.6 is 0 Å². The number of carbonyl (C=O) groups is 1. The number of amides is 1. The van der Waals surface area contributed by atoms with E-state index in [1.807, 2.05) is 0 Å². The van der Waals surface area contributed by atoms with Gasteiger partial charge in [-0.3, -0.25) is 4.79 Å². The molecule has 0 aromatic rings. The van der Waals surface area contributed by atoms with Gasteiger partial charge in [0, 0.05) is 18.4 Å². The summed E-state index contributed by atoms with van der Waals surface area (Å²) in [4.78, 5) is 12.1. The molecule has 3 heteroatoms. The van der Waals surface area contributed by atoms with Gasteiger partial charge < -0.3 is 10.4 Å². The van der Waals surface area contributed by atoms with Crippen LogP contribution in [0.5, 0.6) is 0 Å². The van der Waals surface area contributed by atoms with Gasteiger partial charge in [-0.1, -0.05) is 34.1 Å². The molecule has 0 aromatic carbocycles. The number of hydrogen-bond acceptors (Lipinski definition) is 2. The first kappa shape index (κ1) is 12.9. The molecule has 2 aliphatic rings. The van der Waals surface area contributed by atoms with E-state index in [9.17, 15) is 9.90 Å². The molecule has 2 saturated carbocycles. The van der Waals surface area contributed by atoms with Crippen molar-refractivity contribution >= 4 is 5.91 Å². The molecule has 0 spiro atoms. The van der Waals surface area contributed by atoms with Crippen LogP contribution in [0, 0.1) is 22.7 Å². The number of aliphatic hydroxyl groups excluding tert-OH is 1. The van der Waals surface area contributed by atoms with Gasteiger partial charge in [0.05, 0.1) is 6.10 Å². The quantitative estimate of drug-likeness (QED) is 0.791. The Kier molecular flexibility index (Phi) is 3.01. The third-order valence-electron chi connectivity index (χ3n) is 5.44. The van der Waals surface area contributed by atoms with E-state index in [-0.39, 0.29) is 34.7 Å². The fourth-order valence-electron chi connectivity index (χ4n) is 3.44. The van der Waals surface area contributed by atoms with Crippen molar-refractivity contribution in [2.75, 3.05) is 6.54 Å². The Hall–Kier alpha value is -0.570. The monoisotopic (exact) mass is 239 g/mol. The molecule has 2 N–H and O–H groups in total. The normalized spacial score (nSPS) is 34.6. The van der Waals surface area contributed by atoms with Crippen molar-refractivity contribution in [3.8, 4) is 0 Å². The molecule has 0 saturated heterocycles. The van der Waals surface area contributed by atoms with Crippen molar-refractivity contribution in [3.05, 3.63) is 0 Å². The molecule has 3 nitrogen and oxygen atoms in total. The summed E-state index contributed by atoms with van der Waals surface area (Å²) in [6.07, 6.45) is 2.80. The lowest BCUT2D eigenvalue weighted by atomic mass is 10.0. The van der Waals surface area contributed by atoms with Crippen molar-refractivity contribution in [2.24, 2.45) is 22.7 Å². The van der Waals surface area contributed by atoms with Crippen LogP contribution in [0.1, 0.15) is 47.0 Å². The lowest BCUT2D eigenvalue weighted by Crippen LogP contribution is -2.34. The van der Waals surface area contributed by atoms with Crippen molar-refractivity contribution < 1.29 is 9.90 Å². The Morgan fingerprint density at radius 1 is 1.24 bits per heavy atom. The standard InChI is InChI=1S/C14H25NO2/c1-13(2)11(14(13,3)4)12(17)15-8-9-6-5-7-10(9)16/h9-11,16H,5-8H2,1-4H3,(H,15,17). The first-order chi connectivity index (χ1) is 7.78. The van der Waals surface area contributed by atoms with E-state index in [4.69, 9.17) is 0 Å². The Bertz CT molecular complexity index is 308. The number of aliphatic hydroxyl groups is 1. The average molecular weight is 239 g/mol. The van der Waals surface area contributed by atoms with Crippen molar-refractivity contribution in [3.63, 3.8) is 0 Å². The molecule has 0 aliphatic heterocycles. The second-order valence-corrected chi connectivity index (χ2v) is 6.88. The summed E-state index contributed by atoms with van der Waals surface area (Å²) >= 11 is 0. The predicted molar refractivity (Wildman–Crippen MR) is 67.4 cm³/mol. The summed E-state index contributed by atoms with van der Waals surface area (Å²) in [5, 5.41) is 12.7. The van der Waals surface area contributed by atoms with Gasteiger partial charge in [0.1, 0.15) is 0 Å². The first-order valence-electron chi connectivity index (χ1n) is 6.74. The second kappa shape index (κ2) is 3.98. The fraction of sp³-hybridized carbons (Fsp3) is 0.929. The minimum absolute atomic E-state index is 0.103. The Morgan fingerprint density at radius 3 is 2.24 bits per heavy atom. The lowest BCUT2D eigenvalue weighted by molar-refractivity contribution is -0.123. The Morgan fingerprint density at radius 2 is 1.82 bits per heavy atom. The van der Waals surface area contributed by atoms with Gasteiger partial charge in [0.15, 0.2) is 0 Å². The van der Waals surface area contributed by atoms with Crippen LogP contribution < -0.4 is 5.32 Å². The molecule has 1 amide bonds. The maximum Gasteiger partial charge on any atom is 0.224 e.